The average Bonchev–Trinajstić information content (AvgIpc) is 3.09. The molecule has 2 aromatic rings. The molecule has 134 valence electrons. The summed E-state index contributed by atoms with van der Waals surface area (Å²) in [5.74, 6) is 0.355. The molecule has 5 nitrogen and oxygen atoms in total. The van der Waals surface area contributed by atoms with Crippen LogP contribution in [-0.4, -0.2) is 39.2 Å². The highest BCUT2D eigenvalue weighted by Crippen LogP contribution is 2.20. The van der Waals surface area contributed by atoms with Crippen molar-refractivity contribution in [2.24, 2.45) is 5.92 Å². The molecule has 3 rings (SSSR count). The van der Waals surface area contributed by atoms with E-state index in [1.165, 1.54) is 5.56 Å². The topological polar surface area (TPSA) is 50.2 Å². The Morgan fingerprint density at radius 2 is 1.88 bits per heavy atom. The van der Waals surface area contributed by atoms with E-state index in [0.29, 0.717) is 0 Å². The Bertz CT molecular complexity index is 677. The molecule has 0 unspecified atom stereocenters. The molecule has 1 aromatic heterocycles. The molecule has 0 aliphatic carbocycles. The molecule has 1 aliphatic heterocycles. The molecule has 1 saturated heterocycles. The Labute approximate surface area is 150 Å². The van der Waals surface area contributed by atoms with Gasteiger partial charge >= 0.3 is 0 Å². The van der Waals surface area contributed by atoms with Gasteiger partial charge in [-0.05, 0) is 70.5 Å². The highest BCUT2D eigenvalue weighted by atomic mass is 16.2. The number of piperidine rings is 1. The Hall–Kier alpha value is -2.14. The van der Waals surface area contributed by atoms with Gasteiger partial charge in [0, 0.05) is 30.4 Å². The third kappa shape index (κ3) is 4.92. The lowest BCUT2D eigenvalue weighted by molar-refractivity contribution is -0.127. The van der Waals surface area contributed by atoms with Gasteiger partial charge in [0.2, 0.25) is 5.91 Å². The monoisotopic (exact) mass is 340 g/mol. The van der Waals surface area contributed by atoms with E-state index in [9.17, 15) is 4.79 Å². The van der Waals surface area contributed by atoms with Gasteiger partial charge in [-0.3, -0.25) is 9.69 Å². The van der Waals surface area contributed by atoms with Crippen molar-refractivity contribution in [3.05, 3.63) is 48.3 Å². The van der Waals surface area contributed by atoms with E-state index in [1.54, 1.807) is 6.20 Å². The van der Waals surface area contributed by atoms with E-state index in [1.807, 2.05) is 37.7 Å². The summed E-state index contributed by atoms with van der Waals surface area (Å²) in [7, 11) is 0. The molecule has 0 atom stereocenters. The Morgan fingerprint density at radius 1 is 1.20 bits per heavy atom. The summed E-state index contributed by atoms with van der Waals surface area (Å²) in [4.78, 5) is 14.7. The zero-order valence-corrected chi connectivity index (χ0v) is 15.4. The molecule has 5 heteroatoms. The number of carbonyl (C=O) groups excluding carboxylic acids is 1. The summed E-state index contributed by atoms with van der Waals surface area (Å²) in [5, 5.41) is 7.36. The highest BCUT2D eigenvalue weighted by Gasteiger charge is 2.27. The first-order chi connectivity index (χ1) is 11.9. The molecular formula is C20H28N4O. The van der Waals surface area contributed by atoms with Gasteiger partial charge in [-0.1, -0.05) is 12.1 Å². The van der Waals surface area contributed by atoms with Crippen LogP contribution in [0.1, 0.15) is 39.2 Å². The lowest BCUT2D eigenvalue weighted by Crippen LogP contribution is -2.46. The van der Waals surface area contributed by atoms with Gasteiger partial charge in [0.05, 0.1) is 5.69 Å². The van der Waals surface area contributed by atoms with E-state index >= 15 is 0 Å². The predicted molar refractivity (Wildman–Crippen MR) is 99.5 cm³/mol. The summed E-state index contributed by atoms with van der Waals surface area (Å²) in [6.07, 6.45) is 5.61. The molecule has 2 heterocycles. The van der Waals surface area contributed by atoms with Crippen LogP contribution in [0.2, 0.25) is 0 Å². The van der Waals surface area contributed by atoms with Crippen LogP contribution in [0.5, 0.6) is 0 Å². The van der Waals surface area contributed by atoms with Crippen molar-refractivity contribution in [1.29, 1.82) is 0 Å². The molecule has 1 aromatic carbocycles. The van der Waals surface area contributed by atoms with Crippen molar-refractivity contribution in [2.75, 3.05) is 13.1 Å². The van der Waals surface area contributed by atoms with Crippen molar-refractivity contribution in [3.8, 4) is 5.69 Å². The third-order valence-corrected chi connectivity index (χ3v) is 4.57. The number of likely N-dealkylation sites (tertiary alicyclic amines) is 1. The van der Waals surface area contributed by atoms with Crippen LogP contribution in [0.25, 0.3) is 5.69 Å². The molecule has 1 N–H and O–H groups in total. The molecule has 0 bridgehead atoms. The molecule has 25 heavy (non-hydrogen) atoms. The fourth-order valence-corrected chi connectivity index (χ4v) is 3.26. The van der Waals surface area contributed by atoms with Crippen LogP contribution in [0.4, 0.5) is 0 Å². The van der Waals surface area contributed by atoms with Crippen LogP contribution >= 0.6 is 0 Å². The standard InChI is InChI=1S/C20H28N4O/c1-20(2,3)22-19(25)17-9-13-23(14-10-17)15-16-5-7-18(8-6-16)24-12-4-11-21-24/h4-8,11-12,17H,9-10,13-15H2,1-3H3,(H,22,25). The largest absolute Gasteiger partial charge is 0.351 e. The van der Waals surface area contributed by atoms with Crippen LogP contribution in [0, 0.1) is 5.92 Å². The second-order valence-electron chi connectivity index (χ2n) is 7.91. The highest BCUT2D eigenvalue weighted by molar-refractivity contribution is 5.79. The maximum atomic E-state index is 12.3. The second-order valence-corrected chi connectivity index (χ2v) is 7.91. The van der Waals surface area contributed by atoms with Gasteiger partial charge < -0.3 is 5.32 Å². The van der Waals surface area contributed by atoms with Gasteiger partial charge in [0.1, 0.15) is 0 Å². The summed E-state index contributed by atoms with van der Waals surface area (Å²) < 4.78 is 1.86. The van der Waals surface area contributed by atoms with Gasteiger partial charge in [-0.15, -0.1) is 0 Å². The summed E-state index contributed by atoms with van der Waals surface area (Å²) >= 11 is 0. The van der Waals surface area contributed by atoms with Gasteiger partial charge in [-0.2, -0.15) is 5.10 Å². The van der Waals surface area contributed by atoms with Crippen molar-refractivity contribution in [3.63, 3.8) is 0 Å². The van der Waals surface area contributed by atoms with Crippen molar-refractivity contribution >= 4 is 5.91 Å². The lowest BCUT2D eigenvalue weighted by atomic mass is 9.94. The van der Waals surface area contributed by atoms with Crippen LogP contribution in [0.15, 0.2) is 42.7 Å². The number of aromatic nitrogens is 2. The third-order valence-electron chi connectivity index (χ3n) is 4.57. The normalized spacial score (nSPS) is 16.8. The van der Waals surface area contributed by atoms with Crippen molar-refractivity contribution in [1.82, 2.24) is 20.0 Å². The molecule has 1 aliphatic rings. The van der Waals surface area contributed by atoms with Gasteiger partial charge in [0.25, 0.3) is 0 Å². The number of nitrogens with one attached hydrogen (secondary N) is 1. The molecule has 1 fully saturated rings. The van der Waals surface area contributed by atoms with Crippen LogP contribution < -0.4 is 5.32 Å². The first kappa shape index (κ1) is 17.7. The number of hydrogen-bond acceptors (Lipinski definition) is 3. The first-order valence-electron chi connectivity index (χ1n) is 9.04. The molecule has 0 radical (unpaired) electrons. The van der Waals surface area contributed by atoms with Gasteiger partial charge in [-0.25, -0.2) is 4.68 Å². The predicted octanol–water partition coefficient (Wildman–Crippen LogP) is 3.00. The zero-order chi connectivity index (χ0) is 17.9. The quantitative estimate of drug-likeness (QED) is 0.931. The Morgan fingerprint density at radius 3 is 2.44 bits per heavy atom. The molecule has 0 spiro atoms. The summed E-state index contributed by atoms with van der Waals surface area (Å²) in [6, 6.07) is 10.5. The van der Waals surface area contributed by atoms with E-state index in [2.05, 4.69) is 39.6 Å². The number of hydrogen-bond donors (Lipinski definition) is 1. The van der Waals surface area contributed by atoms with Crippen molar-refractivity contribution < 1.29 is 4.79 Å². The van der Waals surface area contributed by atoms with Crippen LogP contribution in [-0.2, 0) is 11.3 Å². The van der Waals surface area contributed by atoms with Crippen molar-refractivity contribution in [2.45, 2.75) is 45.7 Å². The maximum absolute atomic E-state index is 12.3. The average molecular weight is 340 g/mol. The number of nitrogens with zero attached hydrogens (tertiary/aromatic N) is 3. The van der Waals surface area contributed by atoms with Crippen LogP contribution in [0.3, 0.4) is 0 Å². The SMILES string of the molecule is CC(C)(C)NC(=O)C1CCN(Cc2ccc(-n3cccn3)cc2)CC1. The smallest absolute Gasteiger partial charge is 0.223 e. The fourth-order valence-electron chi connectivity index (χ4n) is 3.26. The Kier molecular flexibility index (Phi) is 5.23. The van der Waals surface area contributed by atoms with Gasteiger partial charge in [0.15, 0.2) is 0 Å². The number of amides is 1. The molecular weight excluding hydrogens is 312 g/mol. The van der Waals surface area contributed by atoms with E-state index < -0.39 is 0 Å². The maximum Gasteiger partial charge on any atom is 0.223 e. The second kappa shape index (κ2) is 7.40. The summed E-state index contributed by atoms with van der Waals surface area (Å²) in [6.45, 7) is 8.99. The molecule has 0 saturated carbocycles. The first-order valence-corrected chi connectivity index (χ1v) is 9.04. The lowest BCUT2D eigenvalue weighted by Gasteiger charge is -2.33. The number of rotatable bonds is 4. The van der Waals surface area contributed by atoms with E-state index in [-0.39, 0.29) is 17.4 Å². The number of carbonyl (C=O) groups is 1. The molecule has 1 amide bonds. The minimum atomic E-state index is -0.148. The fraction of sp³-hybridized carbons (Fsp3) is 0.500. The number of benzene rings is 1. The summed E-state index contributed by atoms with van der Waals surface area (Å²) in [5.41, 5.74) is 2.23. The minimum absolute atomic E-state index is 0.148. The Balaban J connectivity index is 1.50. The minimum Gasteiger partial charge on any atom is -0.351 e. The van der Waals surface area contributed by atoms with E-state index in [4.69, 9.17) is 0 Å². The van der Waals surface area contributed by atoms with E-state index in [0.717, 1.165) is 38.2 Å². The zero-order valence-electron chi connectivity index (χ0n) is 15.4.